The van der Waals surface area contributed by atoms with Crippen LogP contribution in [0.3, 0.4) is 0 Å². The van der Waals surface area contributed by atoms with E-state index in [-0.39, 0.29) is 11.3 Å². The van der Waals surface area contributed by atoms with Crippen LogP contribution in [0, 0.1) is 30.9 Å². The number of anilines is 1. The molecule has 0 bridgehead atoms. The van der Waals surface area contributed by atoms with Crippen LogP contribution < -0.4 is 5.32 Å². The molecule has 0 saturated carbocycles. The Morgan fingerprint density at radius 1 is 1.11 bits per heavy atom. The number of nitro groups is 1. The summed E-state index contributed by atoms with van der Waals surface area (Å²) in [4.78, 5) is 23.2. The molecule has 1 N–H and O–H groups in total. The molecule has 0 radical (unpaired) electrons. The van der Waals surface area contributed by atoms with Gasteiger partial charge in [0.15, 0.2) is 0 Å². The van der Waals surface area contributed by atoms with Gasteiger partial charge in [-0.1, -0.05) is 42.0 Å². The summed E-state index contributed by atoms with van der Waals surface area (Å²) in [5.74, 6) is -0.525. The van der Waals surface area contributed by atoms with Crippen molar-refractivity contribution < 1.29 is 9.72 Å². The van der Waals surface area contributed by atoms with Crippen LogP contribution in [0.4, 0.5) is 11.4 Å². The number of amides is 1. The van der Waals surface area contributed by atoms with Gasteiger partial charge in [0.1, 0.15) is 5.56 Å². The number of carbonyl (C=O) groups is 1. The van der Waals surface area contributed by atoms with Gasteiger partial charge in [-0.25, -0.2) is 0 Å². The predicted octanol–water partition coefficient (Wildman–Crippen LogP) is 4.02. The zero-order valence-corrected chi connectivity index (χ0v) is 15.4. The Balaban J connectivity index is 1.86. The van der Waals surface area contributed by atoms with Gasteiger partial charge in [0, 0.05) is 6.07 Å². The molecule has 0 spiro atoms. The minimum atomic E-state index is -0.560. The van der Waals surface area contributed by atoms with Gasteiger partial charge < -0.3 is 5.32 Å². The van der Waals surface area contributed by atoms with Crippen molar-refractivity contribution in [1.82, 2.24) is 9.78 Å². The molecule has 7 nitrogen and oxygen atoms in total. The summed E-state index contributed by atoms with van der Waals surface area (Å²) in [5, 5.41) is 18.4. The lowest BCUT2D eigenvalue weighted by Gasteiger charge is -2.08. The minimum Gasteiger partial charge on any atom is -0.319 e. The fraction of sp³-hybridized carbons (Fsp3) is 0.200. The van der Waals surface area contributed by atoms with Crippen LogP contribution in [0.2, 0.25) is 0 Å². The molecule has 0 saturated heterocycles. The number of hydrogen-bond acceptors (Lipinski definition) is 4. The van der Waals surface area contributed by atoms with Gasteiger partial charge in [-0.2, -0.15) is 5.10 Å². The maximum absolute atomic E-state index is 12.6. The number of aromatic nitrogens is 2. The molecule has 0 atom stereocenters. The third-order valence-electron chi connectivity index (χ3n) is 4.42. The van der Waals surface area contributed by atoms with Crippen molar-refractivity contribution in [3.63, 3.8) is 0 Å². The Morgan fingerprint density at radius 3 is 2.44 bits per heavy atom. The van der Waals surface area contributed by atoms with Crippen molar-refractivity contribution in [1.29, 1.82) is 0 Å². The Morgan fingerprint density at radius 2 is 1.78 bits per heavy atom. The van der Waals surface area contributed by atoms with E-state index in [0.717, 1.165) is 11.3 Å². The zero-order chi connectivity index (χ0) is 19.6. The molecule has 3 aromatic rings. The van der Waals surface area contributed by atoms with Gasteiger partial charge in [-0.3, -0.25) is 19.6 Å². The van der Waals surface area contributed by atoms with Gasteiger partial charge in [-0.15, -0.1) is 0 Å². The lowest BCUT2D eigenvalue weighted by molar-refractivity contribution is -0.385. The van der Waals surface area contributed by atoms with E-state index >= 15 is 0 Å². The first-order valence-electron chi connectivity index (χ1n) is 8.51. The van der Waals surface area contributed by atoms with Gasteiger partial charge in [0.2, 0.25) is 0 Å². The third kappa shape index (κ3) is 3.87. The lowest BCUT2D eigenvalue weighted by Crippen LogP contribution is -2.15. The molecule has 0 aliphatic carbocycles. The molecular formula is C20H20N4O3. The fourth-order valence-corrected chi connectivity index (χ4v) is 2.90. The molecule has 7 heteroatoms. The van der Waals surface area contributed by atoms with Gasteiger partial charge >= 0.3 is 0 Å². The number of aryl methyl sites for hydroxylation is 2. The summed E-state index contributed by atoms with van der Waals surface area (Å²) in [6.45, 7) is 6.27. The molecule has 0 aliphatic heterocycles. The van der Waals surface area contributed by atoms with Crippen LogP contribution >= 0.6 is 0 Å². The second-order valence-electron chi connectivity index (χ2n) is 6.42. The average Bonchev–Trinajstić information content (AvgIpc) is 2.91. The summed E-state index contributed by atoms with van der Waals surface area (Å²) in [6.07, 6.45) is 0. The van der Waals surface area contributed by atoms with Crippen molar-refractivity contribution in [2.45, 2.75) is 27.3 Å². The normalized spacial score (nSPS) is 10.6. The monoisotopic (exact) mass is 364 g/mol. The van der Waals surface area contributed by atoms with Gasteiger partial charge in [0.05, 0.1) is 28.5 Å². The molecule has 2 aromatic carbocycles. The molecule has 27 heavy (non-hydrogen) atoms. The van der Waals surface area contributed by atoms with E-state index in [0.29, 0.717) is 17.9 Å². The first-order valence-corrected chi connectivity index (χ1v) is 8.51. The molecule has 3 rings (SSSR count). The zero-order valence-electron chi connectivity index (χ0n) is 15.4. The van der Waals surface area contributed by atoms with Gasteiger partial charge in [0.25, 0.3) is 11.6 Å². The first kappa shape index (κ1) is 18.3. The lowest BCUT2D eigenvalue weighted by atomic mass is 10.1. The third-order valence-corrected chi connectivity index (χ3v) is 4.42. The maximum atomic E-state index is 12.6. The highest BCUT2D eigenvalue weighted by atomic mass is 16.6. The summed E-state index contributed by atoms with van der Waals surface area (Å²) in [7, 11) is 0. The second kappa shape index (κ2) is 7.41. The molecule has 0 unspecified atom stereocenters. The van der Waals surface area contributed by atoms with Gasteiger partial charge in [-0.05, 0) is 32.4 Å². The van der Waals surface area contributed by atoms with E-state index in [2.05, 4.69) is 10.4 Å². The average molecular weight is 364 g/mol. The molecule has 1 heterocycles. The van der Waals surface area contributed by atoms with E-state index in [1.165, 1.54) is 23.8 Å². The van der Waals surface area contributed by atoms with Crippen LogP contribution in [-0.4, -0.2) is 20.6 Å². The number of nitro benzene ring substituents is 1. The van der Waals surface area contributed by atoms with Crippen molar-refractivity contribution in [2.75, 3.05) is 5.32 Å². The standard InChI is InChI=1S/C20H20N4O3/c1-13-8-10-16(11-9-13)12-23-15(3)19(14(2)22-23)21-20(25)17-6-4-5-7-18(17)24(26)27/h4-11H,12H2,1-3H3,(H,21,25). The molecule has 0 aliphatic rings. The summed E-state index contributed by atoms with van der Waals surface area (Å²) in [6, 6.07) is 14.0. The second-order valence-corrected chi connectivity index (χ2v) is 6.42. The maximum Gasteiger partial charge on any atom is 0.282 e. The number of nitrogens with one attached hydrogen (secondary N) is 1. The number of para-hydroxylation sites is 1. The molecule has 1 aromatic heterocycles. The highest BCUT2D eigenvalue weighted by Crippen LogP contribution is 2.24. The number of carbonyl (C=O) groups excluding carboxylic acids is 1. The summed E-state index contributed by atoms with van der Waals surface area (Å²) < 4.78 is 1.81. The Hall–Kier alpha value is -3.48. The van der Waals surface area contributed by atoms with Crippen LogP contribution in [0.1, 0.15) is 32.9 Å². The van der Waals surface area contributed by atoms with Crippen LogP contribution in [0.15, 0.2) is 48.5 Å². The van der Waals surface area contributed by atoms with Crippen molar-refractivity contribution in [3.05, 3.63) is 86.7 Å². The summed E-state index contributed by atoms with van der Waals surface area (Å²) in [5.41, 5.74) is 4.11. The minimum absolute atomic E-state index is 0.0209. The smallest absolute Gasteiger partial charge is 0.282 e. The van der Waals surface area contributed by atoms with E-state index in [1.54, 1.807) is 13.0 Å². The van der Waals surface area contributed by atoms with E-state index < -0.39 is 10.8 Å². The quantitative estimate of drug-likeness (QED) is 0.547. The number of nitrogens with zero attached hydrogens (tertiary/aromatic N) is 3. The molecule has 138 valence electrons. The van der Waals surface area contributed by atoms with Crippen molar-refractivity contribution >= 4 is 17.3 Å². The Kier molecular flexibility index (Phi) is 5.03. The highest BCUT2D eigenvalue weighted by molar-refractivity contribution is 6.07. The Bertz CT molecular complexity index is 1010. The topological polar surface area (TPSA) is 90.1 Å². The highest BCUT2D eigenvalue weighted by Gasteiger charge is 2.22. The summed E-state index contributed by atoms with van der Waals surface area (Å²) >= 11 is 0. The molecule has 1 amide bonds. The number of hydrogen-bond donors (Lipinski definition) is 1. The van der Waals surface area contributed by atoms with E-state index in [4.69, 9.17) is 0 Å². The SMILES string of the molecule is Cc1ccc(Cn2nc(C)c(NC(=O)c3ccccc3[N+](=O)[O-])c2C)cc1. The number of rotatable bonds is 5. The molecular weight excluding hydrogens is 344 g/mol. The van der Waals surface area contributed by atoms with E-state index in [1.807, 2.05) is 42.8 Å². The van der Waals surface area contributed by atoms with Crippen LogP contribution in [-0.2, 0) is 6.54 Å². The first-order chi connectivity index (χ1) is 12.9. The largest absolute Gasteiger partial charge is 0.319 e. The van der Waals surface area contributed by atoms with Crippen molar-refractivity contribution in [2.24, 2.45) is 0 Å². The van der Waals surface area contributed by atoms with Crippen LogP contribution in [0.5, 0.6) is 0 Å². The Labute approximate surface area is 156 Å². The van der Waals surface area contributed by atoms with Crippen LogP contribution in [0.25, 0.3) is 0 Å². The molecule has 0 fully saturated rings. The van der Waals surface area contributed by atoms with Crippen molar-refractivity contribution in [3.8, 4) is 0 Å². The van der Waals surface area contributed by atoms with E-state index in [9.17, 15) is 14.9 Å². The fourth-order valence-electron chi connectivity index (χ4n) is 2.90. The number of benzene rings is 2. The predicted molar refractivity (Wildman–Crippen MR) is 103 cm³/mol.